The zero-order valence-corrected chi connectivity index (χ0v) is 12.8. The Morgan fingerprint density at radius 2 is 2.10 bits per heavy atom. The number of furan rings is 1. The first-order valence-electron chi connectivity index (χ1n) is 5.66. The van der Waals surface area contributed by atoms with Crippen LogP contribution in [0.4, 0.5) is 10.1 Å². The highest BCUT2D eigenvalue weighted by atomic mass is 79.9. The van der Waals surface area contributed by atoms with E-state index in [0.717, 1.165) is 11.8 Å². The average Bonchev–Trinajstić information content (AvgIpc) is 2.89. The molecule has 5 nitrogen and oxygen atoms in total. The minimum Gasteiger partial charge on any atom is -0.475 e. The summed E-state index contributed by atoms with van der Waals surface area (Å²) in [5.41, 5.74) is 0.0782. The van der Waals surface area contributed by atoms with Crippen LogP contribution in [0.25, 0.3) is 0 Å². The SMILES string of the molecule is O=C(CSc1ccc(C(=O)O)o1)Nc1ccc(Br)cc1F. The van der Waals surface area contributed by atoms with Crippen LogP contribution in [0.5, 0.6) is 0 Å². The minimum absolute atomic E-state index is 0.0257. The highest BCUT2D eigenvalue weighted by Crippen LogP contribution is 2.22. The Morgan fingerprint density at radius 1 is 1.33 bits per heavy atom. The number of rotatable bonds is 5. The van der Waals surface area contributed by atoms with Gasteiger partial charge in [0.25, 0.3) is 0 Å². The van der Waals surface area contributed by atoms with Crippen molar-refractivity contribution in [3.8, 4) is 0 Å². The standard InChI is InChI=1S/C13H9BrFNO4S/c14-7-1-2-9(8(15)5-7)16-11(17)6-21-12-4-3-10(20-12)13(18)19/h1-5H,6H2,(H,16,17)(H,18,19). The van der Waals surface area contributed by atoms with Crippen molar-refractivity contribution in [2.45, 2.75) is 5.09 Å². The van der Waals surface area contributed by atoms with E-state index in [4.69, 9.17) is 9.52 Å². The van der Waals surface area contributed by atoms with Gasteiger partial charge in [0.05, 0.1) is 11.4 Å². The predicted octanol–water partition coefficient (Wildman–Crippen LogP) is 3.61. The fourth-order valence-electron chi connectivity index (χ4n) is 1.43. The molecule has 0 saturated heterocycles. The molecule has 0 aliphatic heterocycles. The third kappa shape index (κ3) is 4.33. The van der Waals surface area contributed by atoms with E-state index in [9.17, 15) is 14.0 Å². The summed E-state index contributed by atoms with van der Waals surface area (Å²) < 4.78 is 19.1. The van der Waals surface area contributed by atoms with Gasteiger partial charge >= 0.3 is 5.97 Å². The lowest BCUT2D eigenvalue weighted by Crippen LogP contribution is -2.14. The smallest absolute Gasteiger partial charge is 0.371 e. The molecular formula is C13H9BrFNO4S. The van der Waals surface area contributed by atoms with Crippen LogP contribution in [-0.4, -0.2) is 22.7 Å². The Bertz CT molecular complexity index is 689. The number of carbonyl (C=O) groups excluding carboxylic acids is 1. The number of aromatic carboxylic acids is 1. The van der Waals surface area contributed by atoms with Crippen LogP contribution in [-0.2, 0) is 4.79 Å². The Balaban J connectivity index is 1.91. The molecule has 1 heterocycles. The number of thioether (sulfide) groups is 1. The van der Waals surface area contributed by atoms with Gasteiger partial charge in [-0.2, -0.15) is 0 Å². The summed E-state index contributed by atoms with van der Waals surface area (Å²) in [5.74, 6) is -2.37. The lowest BCUT2D eigenvalue weighted by molar-refractivity contribution is -0.113. The molecule has 0 saturated carbocycles. The van der Waals surface area contributed by atoms with Crippen molar-refractivity contribution in [3.63, 3.8) is 0 Å². The lowest BCUT2D eigenvalue weighted by Gasteiger charge is -2.05. The fraction of sp³-hybridized carbons (Fsp3) is 0.0769. The number of amides is 1. The first-order chi connectivity index (χ1) is 9.95. The molecule has 1 aromatic heterocycles. The van der Waals surface area contributed by atoms with E-state index in [2.05, 4.69) is 21.2 Å². The predicted molar refractivity (Wildman–Crippen MR) is 79.1 cm³/mol. The second-order valence-electron chi connectivity index (χ2n) is 3.88. The minimum atomic E-state index is -1.18. The van der Waals surface area contributed by atoms with Gasteiger partial charge in [-0.25, -0.2) is 9.18 Å². The van der Waals surface area contributed by atoms with Gasteiger partial charge in [-0.15, -0.1) is 0 Å². The number of hydrogen-bond acceptors (Lipinski definition) is 4. The zero-order chi connectivity index (χ0) is 15.4. The van der Waals surface area contributed by atoms with E-state index in [-0.39, 0.29) is 17.2 Å². The maximum atomic E-state index is 13.5. The van der Waals surface area contributed by atoms with E-state index in [1.54, 1.807) is 6.07 Å². The summed E-state index contributed by atoms with van der Waals surface area (Å²) in [7, 11) is 0. The van der Waals surface area contributed by atoms with Crippen LogP contribution < -0.4 is 5.32 Å². The number of hydrogen-bond donors (Lipinski definition) is 2. The highest BCUT2D eigenvalue weighted by Gasteiger charge is 2.12. The molecule has 2 aromatic rings. The molecule has 2 N–H and O–H groups in total. The van der Waals surface area contributed by atoms with Crippen molar-refractivity contribution in [3.05, 3.63) is 46.4 Å². The molecule has 2 rings (SSSR count). The van der Waals surface area contributed by atoms with Crippen molar-refractivity contribution in [1.82, 2.24) is 0 Å². The Morgan fingerprint density at radius 3 is 2.71 bits per heavy atom. The maximum Gasteiger partial charge on any atom is 0.371 e. The summed E-state index contributed by atoms with van der Waals surface area (Å²) in [6.45, 7) is 0. The van der Waals surface area contributed by atoms with Crippen LogP contribution in [0.1, 0.15) is 10.6 Å². The molecule has 1 aromatic carbocycles. The average molecular weight is 374 g/mol. The van der Waals surface area contributed by atoms with Gasteiger partial charge in [0.15, 0.2) is 5.09 Å². The van der Waals surface area contributed by atoms with Gasteiger partial charge in [-0.1, -0.05) is 27.7 Å². The van der Waals surface area contributed by atoms with Crippen LogP contribution in [0.3, 0.4) is 0 Å². The Labute approximate surface area is 131 Å². The van der Waals surface area contributed by atoms with Crippen molar-refractivity contribution in [2.24, 2.45) is 0 Å². The van der Waals surface area contributed by atoms with Gasteiger partial charge in [0.2, 0.25) is 11.7 Å². The van der Waals surface area contributed by atoms with Gasteiger partial charge in [0, 0.05) is 4.47 Å². The fourth-order valence-corrected chi connectivity index (χ4v) is 2.42. The number of carbonyl (C=O) groups is 2. The molecule has 0 aliphatic rings. The third-order valence-corrected chi connectivity index (χ3v) is 3.75. The summed E-state index contributed by atoms with van der Waals surface area (Å²) in [6.07, 6.45) is 0. The first kappa shape index (κ1) is 15.6. The summed E-state index contributed by atoms with van der Waals surface area (Å²) in [5, 5.41) is 11.4. The third-order valence-electron chi connectivity index (χ3n) is 2.34. The molecule has 21 heavy (non-hydrogen) atoms. The lowest BCUT2D eigenvalue weighted by atomic mass is 10.3. The normalized spacial score (nSPS) is 10.4. The van der Waals surface area contributed by atoms with Crippen molar-refractivity contribution in [2.75, 3.05) is 11.1 Å². The Hall–Kier alpha value is -1.80. The van der Waals surface area contributed by atoms with E-state index >= 15 is 0 Å². The summed E-state index contributed by atoms with van der Waals surface area (Å²) >= 11 is 4.14. The molecule has 110 valence electrons. The second kappa shape index (κ2) is 6.77. The number of anilines is 1. The quantitative estimate of drug-likeness (QED) is 0.782. The number of halogens is 2. The van der Waals surface area contributed by atoms with Crippen molar-refractivity contribution >= 4 is 45.3 Å². The van der Waals surface area contributed by atoms with Gasteiger partial charge < -0.3 is 14.8 Å². The highest BCUT2D eigenvalue weighted by molar-refractivity contribution is 9.10. The van der Waals surface area contributed by atoms with Gasteiger partial charge in [-0.05, 0) is 30.3 Å². The number of benzene rings is 1. The second-order valence-corrected chi connectivity index (χ2v) is 5.78. The first-order valence-corrected chi connectivity index (χ1v) is 7.44. The molecule has 0 spiro atoms. The Kier molecular flexibility index (Phi) is 5.03. The summed E-state index contributed by atoms with van der Waals surface area (Å²) in [6, 6.07) is 7.06. The van der Waals surface area contributed by atoms with Crippen LogP contribution in [0.15, 0.2) is 44.3 Å². The number of nitrogens with one attached hydrogen (secondary N) is 1. The van der Waals surface area contributed by atoms with E-state index in [1.807, 2.05) is 0 Å². The van der Waals surface area contributed by atoms with Crippen molar-refractivity contribution in [1.29, 1.82) is 0 Å². The molecule has 0 atom stereocenters. The van der Waals surface area contributed by atoms with Crippen LogP contribution in [0.2, 0.25) is 0 Å². The van der Waals surface area contributed by atoms with E-state index in [0.29, 0.717) is 9.56 Å². The molecule has 1 amide bonds. The van der Waals surface area contributed by atoms with Gasteiger partial charge in [-0.3, -0.25) is 4.79 Å². The molecule has 0 unspecified atom stereocenters. The largest absolute Gasteiger partial charge is 0.475 e. The topological polar surface area (TPSA) is 79.5 Å². The summed E-state index contributed by atoms with van der Waals surface area (Å²) in [4.78, 5) is 22.3. The maximum absolute atomic E-state index is 13.5. The number of carboxylic acids is 1. The molecule has 0 aliphatic carbocycles. The van der Waals surface area contributed by atoms with Crippen LogP contribution >= 0.6 is 27.7 Å². The molecule has 0 radical (unpaired) electrons. The van der Waals surface area contributed by atoms with E-state index < -0.39 is 17.7 Å². The van der Waals surface area contributed by atoms with Crippen molar-refractivity contribution < 1.29 is 23.5 Å². The number of carboxylic acid groups (broad SMARTS) is 1. The molecule has 8 heteroatoms. The van der Waals surface area contributed by atoms with E-state index in [1.165, 1.54) is 24.3 Å². The molecular weight excluding hydrogens is 365 g/mol. The van der Waals surface area contributed by atoms with Crippen LogP contribution in [0, 0.1) is 5.82 Å². The monoisotopic (exact) mass is 373 g/mol. The van der Waals surface area contributed by atoms with Gasteiger partial charge in [0.1, 0.15) is 5.82 Å². The molecule has 0 bridgehead atoms. The zero-order valence-electron chi connectivity index (χ0n) is 10.4. The molecule has 0 fully saturated rings.